The van der Waals surface area contributed by atoms with Crippen molar-refractivity contribution < 1.29 is 19.4 Å². The van der Waals surface area contributed by atoms with Gasteiger partial charge in [0.05, 0.1) is 28.0 Å². The van der Waals surface area contributed by atoms with Gasteiger partial charge >= 0.3 is 5.97 Å². The van der Waals surface area contributed by atoms with Crippen molar-refractivity contribution in [3.63, 3.8) is 0 Å². The maximum atomic E-state index is 12.5. The second kappa shape index (κ2) is 7.31. The molecule has 6 nitrogen and oxygen atoms in total. The second-order valence-corrected chi connectivity index (χ2v) is 7.75. The van der Waals surface area contributed by atoms with Crippen LogP contribution < -0.4 is 4.74 Å². The summed E-state index contributed by atoms with van der Waals surface area (Å²) in [5, 5.41) is 15.3. The molecule has 0 atom stereocenters. The number of esters is 1. The minimum Gasteiger partial charge on any atom is -0.507 e. The first-order valence-electron chi connectivity index (χ1n) is 8.30. The summed E-state index contributed by atoms with van der Waals surface area (Å²) in [6.07, 6.45) is 0. The van der Waals surface area contributed by atoms with E-state index in [4.69, 9.17) is 32.7 Å². The number of aromatic nitrogens is 2. The van der Waals surface area contributed by atoms with Crippen LogP contribution in [0, 0.1) is 0 Å². The van der Waals surface area contributed by atoms with Crippen molar-refractivity contribution >= 4 is 45.1 Å². The Balaban J connectivity index is 2.01. The van der Waals surface area contributed by atoms with Crippen LogP contribution in [0.1, 0.15) is 23.0 Å². The highest BCUT2D eigenvalue weighted by atomic mass is 79.9. The summed E-state index contributed by atoms with van der Waals surface area (Å²) in [6.45, 7) is 2.05. The van der Waals surface area contributed by atoms with Gasteiger partial charge in [-0.3, -0.25) is 0 Å². The molecule has 2 heterocycles. The van der Waals surface area contributed by atoms with Crippen LogP contribution in [0.3, 0.4) is 0 Å². The molecule has 0 saturated heterocycles. The zero-order chi connectivity index (χ0) is 20.0. The molecule has 9 heteroatoms. The summed E-state index contributed by atoms with van der Waals surface area (Å²) in [4.78, 5) is 12.5. The highest BCUT2D eigenvalue weighted by molar-refractivity contribution is 9.10. The van der Waals surface area contributed by atoms with E-state index in [1.165, 1.54) is 6.07 Å². The van der Waals surface area contributed by atoms with Crippen LogP contribution in [0.2, 0.25) is 10.0 Å². The van der Waals surface area contributed by atoms with Crippen LogP contribution in [0.25, 0.3) is 16.9 Å². The molecule has 0 unspecified atom stereocenters. The fourth-order valence-corrected chi connectivity index (χ4v) is 3.93. The lowest BCUT2D eigenvalue weighted by Crippen LogP contribution is -2.12. The highest BCUT2D eigenvalue weighted by Crippen LogP contribution is 2.44. The monoisotopic (exact) mass is 482 g/mol. The van der Waals surface area contributed by atoms with E-state index < -0.39 is 5.97 Å². The fraction of sp³-hybridized carbons (Fsp3) is 0.158. The number of phenolic OH excluding ortho intramolecular Hbond substituents is 1. The Kier molecular flexibility index (Phi) is 4.99. The molecule has 0 spiro atoms. The van der Waals surface area contributed by atoms with E-state index in [2.05, 4.69) is 21.0 Å². The lowest BCUT2D eigenvalue weighted by atomic mass is 10.0. The number of phenols is 1. The number of hydrogen-bond acceptors (Lipinski definition) is 5. The van der Waals surface area contributed by atoms with Gasteiger partial charge in [0.1, 0.15) is 18.1 Å². The predicted molar refractivity (Wildman–Crippen MR) is 109 cm³/mol. The van der Waals surface area contributed by atoms with E-state index in [9.17, 15) is 9.90 Å². The minimum atomic E-state index is -0.546. The Morgan fingerprint density at radius 2 is 2.00 bits per heavy atom. The van der Waals surface area contributed by atoms with Crippen molar-refractivity contribution in [3.8, 4) is 28.4 Å². The standard InChI is InChI=1S/C19H13BrCl2N2O4/c1-2-27-19(26)17-13-8-28-16-7-15(25)14(20)6-12(16)18(13)24(23-17)11-4-9(21)3-10(22)5-11/h3-7,25H,2,8H2,1H3. The van der Waals surface area contributed by atoms with Crippen molar-refractivity contribution in [3.05, 3.63) is 56.1 Å². The smallest absolute Gasteiger partial charge is 0.359 e. The average Bonchev–Trinajstić information content (AvgIpc) is 3.02. The minimum absolute atomic E-state index is 0.0460. The first-order valence-corrected chi connectivity index (χ1v) is 9.85. The molecule has 3 aromatic rings. The highest BCUT2D eigenvalue weighted by Gasteiger charge is 2.31. The largest absolute Gasteiger partial charge is 0.507 e. The first-order chi connectivity index (χ1) is 13.4. The molecule has 144 valence electrons. The van der Waals surface area contributed by atoms with Crippen molar-refractivity contribution in [2.45, 2.75) is 13.5 Å². The SMILES string of the molecule is CCOC(=O)c1nn(-c2cc(Cl)cc(Cl)c2)c2c1COc1cc(O)c(Br)cc1-2. The Hall–Kier alpha value is -2.22. The summed E-state index contributed by atoms with van der Waals surface area (Å²) in [5.41, 5.74) is 2.62. The molecule has 1 aliphatic heterocycles. The topological polar surface area (TPSA) is 73.6 Å². The first kappa shape index (κ1) is 19.1. The number of halogens is 3. The Morgan fingerprint density at radius 3 is 2.68 bits per heavy atom. The summed E-state index contributed by atoms with van der Waals surface area (Å²) < 4.78 is 13.0. The van der Waals surface area contributed by atoms with Crippen molar-refractivity contribution in [1.29, 1.82) is 0 Å². The number of nitrogens with zero attached hydrogens (tertiary/aromatic N) is 2. The predicted octanol–water partition coefficient (Wildman–Crippen LogP) is 5.38. The molecule has 28 heavy (non-hydrogen) atoms. The van der Waals surface area contributed by atoms with Gasteiger partial charge in [0, 0.05) is 21.7 Å². The van der Waals surface area contributed by atoms with Gasteiger partial charge < -0.3 is 14.6 Å². The van der Waals surface area contributed by atoms with Gasteiger partial charge in [-0.25, -0.2) is 9.48 Å². The summed E-state index contributed by atoms with van der Waals surface area (Å²) >= 11 is 15.7. The van der Waals surface area contributed by atoms with Crippen LogP contribution in [0.5, 0.6) is 11.5 Å². The number of hydrogen-bond donors (Lipinski definition) is 1. The lowest BCUT2D eigenvalue weighted by molar-refractivity contribution is 0.0516. The molecular formula is C19H13BrCl2N2O4. The van der Waals surface area contributed by atoms with E-state index in [1.54, 1.807) is 35.9 Å². The number of aromatic hydroxyl groups is 1. The Labute approximate surface area is 178 Å². The lowest BCUT2D eigenvalue weighted by Gasteiger charge is -2.20. The summed E-state index contributed by atoms with van der Waals surface area (Å²) in [5.74, 6) is -0.0296. The molecule has 0 aliphatic carbocycles. The van der Waals surface area contributed by atoms with Gasteiger partial charge in [-0.15, -0.1) is 0 Å². The number of rotatable bonds is 3. The number of carbonyl (C=O) groups is 1. The molecule has 0 saturated carbocycles. The maximum Gasteiger partial charge on any atom is 0.359 e. The molecule has 0 amide bonds. The number of fused-ring (bicyclic) bond motifs is 3. The third-order valence-electron chi connectivity index (χ3n) is 4.22. The van der Waals surface area contributed by atoms with E-state index in [-0.39, 0.29) is 24.7 Å². The average molecular weight is 484 g/mol. The van der Waals surface area contributed by atoms with Crippen LogP contribution in [-0.4, -0.2) is 27.5 Å². The molecule has 0 radical (unpaired) electrons. The normalized spacial score (nSPS) is 12.1. The molecular weight excluding hydrogens is 471 g/mol. The van der Waals surface area contributed by atoms with Gasteiger partial charge in [0.2, 0.25) is 0 Å². The van der Waals surface area contributed by atoms with E-state index >= 15 is 0 Å². The molecule has 0 fully saturated rings. The maximum absolute atomic E-state index is 12.5. The van der Waals surface area contributed by atoms with Crippen LogP contribution in [0.4, 0.5) is 0 Å². The van der Waals surface area contributed by atoms with Gasteiger partial charge in [-0.2, -0.15) is 5.10 Å². The Morgan fingerprint density at radius 1 is 1.29 bits per heavy atom. The van der Waals surface area contributed by atoms with E-state index in [1.807, 2.05) is 0 Å². The van der Waals surface area contributed by atoms with Crippen molar-refractivity contribution in [2.24, 2.45) is 0 Å². The molecule has 2 aromatic carbocycles. The van der Waals surface area contributed by atoms with Crippen molar-refractivity contribution in [2.75, 3.05) is 6.61 Å². The van der Waals surface area contributed by atoms with Crippen LogP contribution in [-0.2, 0) is 11.3 Å². The number of benzene rings is 2. The molecule has 1 aromatic heterocycles. The van der Waals surface area contributed by atoms with E-state index in [0.29, 0.717) is 42.8 Å². The third-order valence-corrected chi connectivity index (χ3v) is 5.29. The molecule has 1 N–H and O–H groups in total. The van der Waals surface area contributed by atoms with Crippen molar-refractivity contribution in [1.82, 2.24) is 9.78 Å². The Bertz CT molecular complexity index is 1090. The van der Waals surface area contributed by atoms with Gasteiger partial charge in [-0.05, 0) is 47.1 Å². The molecule has 1 aliphatic rings. The summed E-state index contributed by atoms with van der Waals surface area (Å²) in [6, 6.07) is 8.22. The quantitative estimate of drug-likeness (QED) is 0.506. The van der Waals surface area contributed by atoms with Gasteiger partial charge in [0.15, 0.2) is 5.69 Å². The number of ether oxygens (including phenoxy) is 2. The molecule has 0 bridgehead atoms. The molecule has 4 rings (SSSR count). The third kappa shape index (κ3) is 3.23. The zero-order valence-electron chi connectivity index (χ0n) is 14.5. The van der Waals surface area contributed by atoms with Gasteiger partial charge in [-0.1, -0.05) is 23.2 Å². The number of carbonyl (C=O) groups excluding carboxylic acids is 1. The van der Waals surface area contributed by atoms with E-state index in [0.717, 1.165) is 0 Å². The van der Waals surface area contributed by atoms with Crippen LogP contribution >= 0.6 is 39.1 Å². The fourth-order valence-electron chi connectivity index (χ4n) is 3.07. The summed E-state index contributed by atoms with van der Waals surface area (Å²) in [7, 11) is 0. The second-order valence-electron chi connectivity index (χ2n) is 6.02. The van der Waals surface area contributed by atoms with Crippen LogP contribution in [0.15, 0.2) is 34.8 Å². The van der Waals surface area contributed by atoms with Gasteiger partial charge in [0.25, 0.3) is 0 Å². The zero-order valence-corrected chi connectivity index (χ0v) is 17.6.